The lowest BCUT2D eigenvalue weighted by Gasteiger charge is -2.11. The van der Waals surface area contributed by atoms with E-state index in [0.29, 0.717) is 5.56 Å². The fourth-order valence-electron chi connectivity index (χ4n) is 1.74. The summed E-state index contributed by atoms with van der Waals surface area (Å²) in [6, 6.07) is 5.94. The topological polar surface area (TPSA) is 49.3 Å². The molecule has 2 aromatic rings. The van der Waals surface area contributed by atoms with Crippen molar-refractivity contribution in [1.82, 2.24) is 5.32 Å². The molecule has 2 N–H and O–H groups in total. The lowest BCUT2D eigenvalue weighted by atomic mass is 10.1. The third kappa shape index (κ3) is 3.62. The average Bonchev–Trinajstić information content (AvgIpc) is 2.88. The van der Waals surface area contributed by atoms with Gasteiger partial charge in [-0.05, 0) is 53.1 Å². The molecule has 0 aliphatic rings. The van der Waals surface area contributed by atoms with Crippen molar-refractivity contribution in [3.63, 3.8) is 0 Å². The normalized spacial score (nSPS) is 12.2. The second kappa shape index (κ2) is 5.95. The predicted octanol–water partition coefficient (Wildman–Crippen LogP) is 2.66. The molecule has 100 valence electrons. The van der Waals surface area contributed by atoms with Gasteiger partial charge in [-0.25, -0.2) is 4.39 Å². The van der Waals surface area contributed by atoms with Crippen LogP contribution in [0.25, 0.3) is 0 Å². The van der Waals surface area contributed by atoms with Gasteiger partial charge in [0.15, 0.2) is 0 Å². The zero-order valence-corrected chi connectivity index (χ0v) is 11.2. The van der Waals surface area contributed by atoms with Crippen LogP contribution in [0.15, 0.2) is 35.0 Å². The van der Waals surface area contributed by atoms with E-state index in [4.69, 9.17) is 0 Å². The molecule has 0 bridgehead atoms. The van der Waals surface area contributed by atoms with Gasteiger partial charge in [0, 0.05) is 12.1 Å². The molecule has 19 heavy (non-hydrogen) atoms. The third-order valence-corrected chi connectivity index (χ3v) is 3.39. The number of hydrogen-bond donors (Lipinski definition) is 2. The Morgan fingerprint density at radius 3 is 2.89 bits per heavy atom. The highest BCUT2D eigenvalue weighted by Crippen LogP contribution is 2.15. The van der Waals surface area contributed by atoms with Gasteiger partial charge in [0.2, 0.25) is 0 Å². The van der Waals surface area contributed by atoms with Gasteiger partial charge in [-0.3, -0.25) is 4.79 Å². The van der Waals surface area contributed by atoms with Crippen molar-refractivity contribution in [1.29, 1.82) is 0 Å². The zero-order valence-electron chi connectivity index (χ0n) is 10.4. The SMILES string of the molecule is Cc1cc(F)cc(C(=O)NCC(O)c2ccsc2)c1. The van der Waals surface area contributed by atoms with Crippen molar-refractivity contribution < 1.29 is 14.3 Å². The van der Waals surface area contributed by atoms with E-state index in [1.54, 1.807) is 19.1 Å². The van der Waals surface area contributed by atoms with Crippen molar-refractivity contribution in [2.24, 2.45) is 0 Å². The van der Waals surface area contributed by atoms with Crippen molar-refractivity contribution >= 4 is 17.2 Å². The van der Waals surface area contributed by atoms with Crippen LogP contribution < -0.4 is 5.32 Å². The molecule has 0 spiro atoms. The minimum Gasteiger partial charge on any atom is -0.387 e. The highest BCUT2D eigenvalue weighted by molar-refractivity contribution is 7.07. The molecule has 2 rings (SSSR count). The van der Waals surface area contributed by atoms with Crippen LogP contribution in [0.5, 0.6) is 0 Å². The molecule has 0 saturated carbocycles. The van der Waals surface area contributed by atoms with Gasteiger partial charge in [0.05, 0.1) is 6.10 Å². The van der Waals surface area contributed by atoms with Crippen LogP contribution in [0.3, 0.4) is 0 Å². The van der Waals surface area contributed by atoms with Crippen molar-refractivity contribution in [3.05, 3.63) is 57.5 Å². The number of aliphatic hydroxyl groups is 1. The Labute approximate surface area is 114 Å². The smallest absolute Gasteiger partial charge is 0.251 e. The Bertz CT molecular complexity index is 549. The van der Waals surface area contributed by atoms with Gasteiger partial charge in [-0.15, -0.1) is 0 Å². The number of rotatable bonds is 4. The molecule has 1 heterocycles. The Morgan fingerprint density at radius 2 is 2.26 bits per heavy atom. The lowest BCUT2D eigenvalue weighted by Crippen LogP contribution is -2.28. The van der Waals surface area contributed by atoms with E-state index in [9.17, 15) is 14.3 Å². The standard InChI is InChI=1S/C14H14FNO2S/c1-9-4-11(6-12(15)5-9)14(18)16-7-13(17)10-2-3-19-8-10/h2-6,8,13,17H,7H2,1H3,(H,16,18). The van der Waals surface area contributed by atoms with Crippen LogP contribution in [0.1, 0.15) is 27.6 Å². The van der Waals surface area contributed by atoms with Gasteiger partial charge in [0.1, 0.15) is 5.82 Å². The summed E-state index contributed by atoms with van der Waals surface area (Å²) in [5.74, 6) is -0.833. The summed E-state index contributed by atoms with van der Waals surface area (Å²) >= 11 is 1.48. The minimum absolute atomic E-state index is 0.102. The summed E-state index contributed by atoms with van der Waals surface area (Å²) in [7, 11) is 0. The molecule has 1 amide bonds. The highest BCUT2D eigenvalue weighted by atomic mass is 32.1. The first kappa shape index (κ1) is 13.7. The molecular formula is C14H14FNO2S. The number of aliphatic hydroxyl groups excluding tert-OH is 1. The fourth-order valence-corrected chi connectivity index (χ4v) is 2.45. The number of aryl methyl sites for hydroxylation is 1. The van der Waals surface area contributed by atoms with E-state index in [0.717, 1.165) is 5.56 Å². The fraction of sp³-hybridized carbons (Fsp3) is 0.214. The number of benzene rings is 1. The van der Waals surface area contributed by atoms with Gasteiger partial charge < -0.3 is 10.4 Å². The summed E-state index contributed by atoms with van der Waals surface area (Å²) in [6.07, 6.45) is -0.746. The molecule has 5 heteroatoms. The van der Waals surface area contributed by atoms with Crippen LogP contribution in [0, 0.1) is 12.7 Å². The lowest BCUT2D eigenvalue weighted by molar-refractivity contribution is 0.0916. The minimum atomic E-state index is -0.746. The Kier molecular flexibility index (Phi) is 4.29. The quantitative estimate of drug-likeness (QED) is 0.904. The second-order valence-corrected chi connectivity index (χ2v) is 5.08. The van der Waals surface area contributed by atoms with Crippen LogP contribution in [-0.2, 0) is 0 Å². The molecule has 0 aliphatic heterocycles. The zero-order chi connectivity index (χ0) is 13.8. The number of thiophene rings is 1. The number of amides is 1. The Balaban J connectivity index is 1.98. The van der Waals surface area contributed by atoms with Crippen molar-refractivity contribution in [2.75, 3.05) is 6.54 Å². The molecule has 1 aromatic heterocycles. The van der Waals surface area contributed by atoms with E-state index in [-0.39, 0.29) is 12.1 Å². The third-order valence-electron chi connectivity index (χ3n) is 2.69. The molecule has 0 saturated heterocycles. The van der Waals surface area contributed by atoms with Crippen LogP contribution >= 0.6 is 11.3 Å². The largest absolute Gasteiger partial charge is 0.387 e. The number of nitrogens with one attached hydrogen (secondary N) is 1. The molecule has 1 aromatic carbocycles. The molecular weight excluding hydrogens is 265 g/mol. The Hall–Kier alpha value is -1.72. The number of carbonyl (C=O) groups excluding carboxylic acids is 1. The molecule has 3 nitrogen and oxygen atoms in total. The maximum absolute atomic E-state index is 13.2. The van der Waals surface area contributed by atoms with Crippen molar-refractivity contribution in [3.8, 4) is 0 Å². The second-order valence-electron chi connectivity index (χ2n) is 4.30. The van der Waals surface area contributed by atoms with Gasteiger partial charge in [0.25, 0.3) is 5.91 Å². The summed E-state index contributed by atoms with van der Waals surface area (Å²) in [6.45, 7) is 1.82. The van der Waals surface area contributed by atoms with E-state index in [1.807, 2.05) is 10.8 Å². The number of hydrogen-bond acceptors (Lipinski definition) is 3. The first-order chi connectivity index (χ1) is 9.06. The summed E-state index contributed by atoms with van der Waals surface area (Å²) < 4.78 is 13.2. The van der Waals surface area contributed by atoms with Crippen LogP contribution in [-0.4, -0.2) is 17.6 Å². The maximum atomic E-state index is 13.2. The highest BCUT2D eigenvalue weighted by Gasteiger charge is 2.12. The molecule has 1 unspecified atom stereocenters. The van der Waals surface area contributed by atoms with Gasteiger partial charge in [-0.1, -0.05) is 0 Å². The monoisotopic (exact) mass is 279 g/mol. The molecule has 0 aliphatic carbocycles. The molecule has 0 radical (unpaired) electrons. The van der Waals surface area contributed by atoms with Crippen LogP contribution in [0.2, 0.25) is 0 Å². The summed E-state index contributed by atoms with van der Waals surface area (Å²) in [5.41, 5.74) is 1.71. The molecule has 0 fully saturated rings. The first-order valence-corrected chi connectivity index (χ1v) is 6.76. The average molecular weight is 279 g/mol. The van der Waals surface area contributed by atoms with E-state index in [1.165, 1.54) is 23.5 Å². The van der Waals surface area contributed by atoms with Crippen LogP contribution in [0.4, 0.5) is 4.39 Å². The van der Waals surface area contributed by atoms with E-state index >= 15 is 0 Å². The van der Waals surface area contributed by atoms with Gasteiger partial charge in [-0.2, -0.15) is 11.3 Å². The number of carbonyl (C=O) groups is 1. The first-order valence-electron chi connectivity index (χ1n) is 5.82. The Morgan fingerprint density at radius 1 is 1.47 bits per heavy atom. The number of halogens is 1. The van der Waals surface area contributed by atoms with Crippen molar-refractivity contribution in [2.45, 2.75) is 13.0 Å². The predicted molar refractivity (Wildman–Crippen MR) is 72.7 cm³/mol. The summed E-state index contributed by atoms with van der Waals surface area (Å²) in [5, 5.41) is 16.1. The van der Waals surface area contributed by atoms with E-state index < -0.39 is 17.8 Å². The maximum Gasteiger partial charge on any atom is 0.251 e. The summed E-state index contributed by atoms with van der Waals surface area (Å²) in [4.78, 5) is 11.8. The van der Waals surface area contributed by atoms with E-state index in [2.05, 4.69) is 5.32 Å². The molecule has 1 atom stereocenters. The van der Waals surface area contributed by atoms with Gasteiger partial charge >= 0.3 is 0 Å².